The molecule has 1 atom stereocenters. The van der Waals surface area contributed by atoms with Crippen LogP contribution in [-0.4, -0.2) is 44.0 Å². The Hall–Kier alpha value is -2.35. The summed E-state index contributed by atoms with van der Waals surface area (Å²) in [5.41, 5.74) is 0.588. The molecule has 25 heavy (non-hydrogen) atoms. The molecule has 3 rings (SSSR count). The van der Waals surface area contributed by atoms with Gasteiger partial charge in [-0.05, 0) is 38.0 Å². The lowest BCUT2D eigenvalue weighted by molar-refractivity contribution is -0.131. The largest absolute Gasteiger partial charge is 0.387 e. The van der Waals surface area contributed by atoms with E-state index < -0.39 is 17.7 Å². The van der Waals surface area contributed by atoms with Crippen molar-refractivity contribution in [3.8, 4) is 0 Å². The van der Waals surface area contributed by atoms with Crippen LogP contribution in [0.1, 0.15) is 43.2 Å². The van der Waals surface area contributed by atoms with Gasteiger partial charge in [0.05, 0.1) is 24.8 Å². The number of hydrogen-bond donors (Lipinski definition) is 1. The van der Waals surface area contributed by atoms with E-state index in [9.17, 15) is 18.7 Å². The summed E-state index contributed by atoms with van der Waals surface area (Å²) in [5, 5.41) is 17.5. The standard InChI is InChI=1S/C17H20F2N4O2/c1-11(24)16-10-23(21-20-16)14-4-6-22(7-5-14)17(25)9-12-8-13(18)2-3-15(12)19/h2-3,8,10-11,14,24H,4-7,9H2,1H3. The fourth-order valence-electron chi connectivity index (χ4n) is 2.99. The van der Waals surface area contributed by atoms with Crippen molar-refractivity contribution in [2.24, 2.45) is 0 Å². The Morgan fingerprint density at radius 3 is 2.72 bits per heavy atom. The van der Waals surface area contributed by atoms with Gasteiger partial charge in [0.25, 0.3) is 0 Å². The van der Waals surface area contributed by atoms with Gasteiger partial charge in [-0.15, -0.1) is 5.10 Å². The lowest BCUT2D eigenvalue weighted by Crippen LogP contribution is -2.40. The number of carbonyl (C=O) groups is 1. The molecule has 1 aliphatic rings. The van der Waals surface area contributed by atoms with Gasteiger partial charge in [0, 0.05) is 18.7 Å². The van der Waals surface area contributed by atoms with Crippen LogP contribution in [0.4, 0.5) is 8.78 Å². The minimum Gasteiger partial charge on any atom is -0.387 e. The molecular weight excluding hydrogens is 330 g/mol. The highest BCUT2D eigenvalue weighted by Gasteiger charge is 2.25. The highest BCUT2D eigenvalue weighted by atomic mass is 19.1. The normalized spacial score (nSPS) is 16.9. The first-order chi connectivity index (χ1) is 11.9. The molecule has 1 unspecified atom stereocenters. The smallest absolute Gasteiger partial charge is 0.227 e. The topological polar surface area (TPSA) is 71.2 Å². The zero-order valence-electron chi connectivity index (χ0n) is 13.9. The number of halogens is 2. The molecule has 1 fully saturated rings. The SMILES string of the molecule is CC(O)c1cn(C2CCN(C(=O)Cc3cc(F)ccc3F)CC2)nn1. The molecule has 0 spiro atoms. The van der Waals surface area contributed by atoms with Crippen molar-refractivity contribution in [2.75, 3.05) is 13.1 Å². The lowest BCUT2D eigenvalue weighted by atomic mass is 10.0. The van der Waals surface area contributed by atoms with E-state index in [1.165, 1.54) is 0 Å². The van der Waals surface area contributed by atoms with Gasteiger partial charge < -0.3 is 10.0 Å². The Balaban J connectivity index is 1.58. The second-order valence-electron chi connectivity index (χ2n) is 6.32. The van der Waals surface area contributed by atoms with Crippen molar-refractivity contribution < 1.29 is 18.7 Å². The maximum absolute atomic E-state index is 13.7. The van der Waals surface area contributed by atoms with Gasteiger partial charge in [-0.25, -0.2) is 13.5 Å². The summed E-state index contributed by atoms with van der Waals surface area (Å²) in [6.45, 7) is 2.66. The number of nitrogens with zero attached hydrogens (tertiary/aromatic N) is 4. The molecule has 1 aliphatic heterocycles. The predicted octanol–water partition coefficient (Wildman–Crippen LogP) is 2.02. The average Bonchev–Trinajstić information content (AvgIpc) is 3.08. The summed E-state index contributed by atoms with van der Waals surface area (Å²) >= 11 is 0. The number of benzene rings is 1. The summed E-state index contributed by atoms with van der Waals surface area (Å²) in [5.74, 6) is -1.34. The van der Waals surface area contributed by atoms with Crippen molar-refractivity contribution in [1.29, 1.82) is 0 Å². The van der Waals surface area contributed by atoms with Gasteiger partial charge in [0.2, 0.25) is 5.91 Å². The molecule has 1 aromatic heterocycles. The molecule has 0 saturated carbocycles. The molecule has 1 saturated heterocycles. The van der Waals surface area contributed by atoms with E-state index in [2.05, 4.69) is 10.3 Å². The van der Waals surface area contributed by atoms with Crippen molar-refractivity contribution >= 4 is 5.91 Å². The first-order valence-corrected chi connectivity index (χ1v) is 8.25. The summed E-state index contributed by atoms with van der Waals surface area (Å²) in [6.07, 6.45) is 2.29. The predicted molar refractivity (Wildman–Crippen MR) is 85.6 cm³/mol. The van der Waals surface area contributed by atoms with Gasteiger partial charge in [0.1, 0.15) is 17.3 Å². The first kappa shape index (κ1) is 17.5. The van der Waals surface area contributed by atoms with E-state index in [4.69, 9.17) is 0 Å². The van der Waals surface area contributed by atoms with E-state index in [0.717, 1.165) is 18.2 Å². The molecule has 2 heterocycles. The highest BCUT2D eigenvalue weighted by Crippen LogP contribution is 2.23. The molecule has 1 N–H and O–H groups in total. The Kier molecular flexibility index (Phi) is 5.08. The van der Waals surface area contributed by atoms with Gasteiger partial charge in [0.15, 0.2) is 0 Å². The average molecular weight is 350 g/mol. The monoisotopic (exact) mass is 350 g/mol. The van der Waals surface area contributed by atoms with Crippen molar-refractivity contribution in [2.45, 2.75) is 38.3 Å². The molecule has 134 valence electrons. The maximum atomic E-state index is 13.7. The Morgan fingerprint density at radius 1 is 1.36 bits per heavy atom. The van der Waals surface area contributed by atoms with E-state index in [0.29, 0.717) is 31.6 Å². The van der Waals surface area contributed by atoms with Crippen molar-refractivity contribution in [3.05, 3.63) is 47.3 Å². The van der Waals surface area contributed by atoms with Gasteiger partial charge >= 0.3 is 0 Å². The lowest BCUT2D eigenvalue weighted by Gasteiger charge is -2.32. The molecule has 8 heteroatoms. The van der Waals surface area contributed by atoms with Gasteiger partial charge in [-0.3, -0.25) is 4.79 Å². The molecule has 0 bridgehead atoms. The third-order valence-corrected chi connectivity index (χ3v) is 4.50. The first-order valence-electron chi connectivity index (χ1n) is 8.25. The van der Waals surface area contributed by atoms with Crippen molar-refractivity contribution in [3.63, 3.8) is 0 Å². The van der Waals surface area contributed by atoms with Crippen LogP contribution in [0.15, 0.2) is 24.4 Å². The summed E-state index contributed by atoms with van der Waals surface area (Å²) in [7, 11) is 0. The second-order valence-corrected chi connectivity index (χ2v) is 6.32. The molecular formula is C17H20F2N4O2. The van der Waals surface area contributed by atoms with Crippen LogP contribution in [0.2, 0.25) is 0 Å². The molecule has 1 aromatic carbocycles. The molecule has 0 radical (unpaired) electrons. The highest BCUT2D eigenvalue weighted by molar-refractivity contribution is 5.78. The number of aliphatic hydroxyl groups is 1. The quantitative estimate of drug-likeness (QED) is 0.916. The number of aliphatic hydroxyl groups excluding tert-OH is 1. The minimum absolute atomic E-state index is 0.0741. The fraction of sp³-hybridized carbons (Fsp3) is 0.471. The minimum atomic E-state index is -0.670. The van der Waals surface area contributed by atoms with E-state index >= 15 is 0 Å². The van der Waals surface area contributed by atoms with Crippen LogP contribution >= 0.6 is 0 Å². The van der Waals surface area contributed by atoms with Crippen LogP contribution in [0.25, 0.3) is 0 Å². The third-order valence-electron chi connectivity index (χ3n) is 4.50. The Morgan fingerprint density at radius 2 is 2.08 bits per heavy atom. The van der Waals surface area contributed by atoms with Crippen LogP contribution in [-0.2, 0) is 11.2 Å². The number of aromatic nitrogens is 3. The summed E-state index contributed by atoms with van der Waals surface area (Å²) in [4.78, 5) is 14.0. The number of amides is 1. The van der Waals surface area contributed by atoms with E-state index in [-0.39, 0.29) is 23.9 Å². The zero-order valence-corrected chi connectivity index (χ0v) is 13.9. The van der Waals surface area contributed by atoms with E-state index in [1.54, 1.807) is 22.7 Å². The Bertz CT molecular complexity index is 755. The van der Waals surface area contributed by atoms with Gasteiger partial charge in [-0.2, -0.15) is 0 Å². The number of carbonyl (C=O) groups excluding carboxylic acids is 1. The maximum Gasteiger partial charge on any atom is 0.227 e. The van der Waals surface area contributed by atoms with E-state index in [1.807, 2.05) is 0 Å². The van der Waals surface area contributed by atoms with Crippen LogP contribution in [0, 0.1) is 11.6 Å². The molecule has 6 nitrogen and oxygen atoms in total. The number of likely N-dealkylation sites (tertiary alicyclic amines) is 1. The summed E-state index contributed by atoms with van der Waals surface area (Å²) < 4.78 is 28.6. The molecule has 2 aromatic rings. The van der Waals surface area contributed by atoms with Gasteiger partial charge in [-0.1, -0.05) is 5.21 Å². The second kappa shape index (κ2) is 7.26. The molecule has 1 amide bonds. The van der Waals surface area contributed by atoms with Crippen LogP contribution in [0.3, 0.4) is 0 Å². The zero-order chi connectivity index (χ0) is 18.0. The number of piperidine rings is 1. The summed E-state index contributed by atoms with van der Waals surface area (Å²) in [6, 6.07) is 3.24. The third kappa shape index (κ3) is 4.01. The van der Waals surface area contributed by atoms with Crippen LogP contribution in [0.5, 0.6) is 0 Å². The fourth-order valence-corrected chi connectivity index (χ4v) is 2.99. The number of hydrogen-bond acceptors (Lipinski definition) is 4. The molecule has 0 aliphatic carbocycles. The number of rotatable bonds is 4. The van der Waals surface area contributed by atoms with Crippen LogP contribution < -0.4 is 0 Å². The Labute approximate surface area is 144 Å². The van der Waals surface area contributed by atoms with Crippen molar-refractivity contribution in [1.82, 2.24) is 19.9 Å².